The third-order valence-corrected chi connectivity index (χ3v) is 6.17. The molecule has 0 aliphatic carbocycles. The van der Waals surface area contributed by atoms with Crippen molar-refractivity contribution in [3.63, 3.8) is 0 Å². The zero-order valence-electron chi connectivity index (χ0n) is 12.1. The molecule has 1 aromatic carbocycles. The molecule has 0 spiro atoms. The molecule has 1 aliphatic heterocycles. The smallest absolute Gasteiger partial charge is 0.273 e. The van der Waals surface area contributed by atoms with Crippen LogP contribution in [0.25, 0.3) is 0 Å². The Labute approximate surface area is 134 Å². The molecule has 1 saturated heterocycles. The van der Waals surface area contributed by atoms with Gasteiger partial charge in [0, 0.05) is 18.1 Å². The van der Waals surface area contributed by atoms with Crippen molar-refractivity contribution < 1.29 is 13.2 Å². The summed E-state index contributed by atoms with van der Waals surface area (Å²) in [6.45, 7) is 0.934. The van der Waals surface area contributed by atoms with Crippen molar-refractivity contribution in [3.8, 4) is 5.19 Å². The second kappa shape index (κ2) is 6.76. The van der Waals surface area contributed by atoms with Gasteiger partial charge in [-0.15, -0.1) is 0 Å². The fourth-order valence-corrected chi connectivity index (χ4v) is 4.56. The standard InChI is InChI=1S/C15H18N2O3S2/c18-22(19,11-7-13-4-2-1-3-5-13)17-9-6-14(12-17)20-15-16-8-10-21-15/h1-5,8,10,14H,6-7,9,11-12H2. The summed E-state index contributed by atoms with van der Waals surface area (Å²) in [7, 11) is -3.23. The molecule has 1 aliphatic rings. The van der Waals surface area contributed by atoms with E-state index in [1.807, 2.05) is 35.7 Å². The summed E-state index contributed by atoms with van der Waals surface area (Å²) in [4.78, 5) is 4.07. The number of rotatable bonds is 6. The molecule has 22 heavy (non-hydrogen) atoms. The van der Waals surface area contributed by atoms with Crippen LogP contribution in [-0.4, -0.2) is 42.7 Å². The molecule has 2 heterocycles. The van der Waals surface area contributed by atoms with Crippen molar-refractivity contribution in [1.29, 1.82) is 0 Å². The van der Waals surface area contributed by atoms with Gasteiger partial charge in [0.1, 0.15) is 6.10 Å². The summed E-state index contributed by atoms with van der Waals surface area (Å²) >= 11 is 1.42. The van der Waals surface area contributed by atoms with E-state index in [2.05, 4.69) is 4.98 Å². The van der Waals surface area contributed by atoms with E-state index in [0.29, 0.717) is 31.1 Å². The highest BCUT2D eigenvalue weighted by atomic mass is 32.2. The molecular weight excluding hydrogens is 320 g/mol. The van der Waals surface area contributed by atoms with E-state index >= 15 is 0 Å². The van der Waals surface area contributed by atoms with E-state index in [1.54, 1.807) is 6.20 Å². The Morgan fingerprint density at radius 1 is 1.32 bits per heavy atom. The molecule has 0 radical (unpaired) electrons. The number of aromatic nitrogens is 1. The maximum atomic E-state index is 12.4. The Bertz CT molecular complexity index is 687. The number of aryl methyl sites for hydroxylation is 1. The van der Waals surface area contributed by atoms with Crippen molar-refractivity contribution in [2.24, 2.45) is 0 Å². The van der Waals surface area contributed by atoms with Crippen LogP contribution in [0.1, 0.15) is 12.0 Å². The predicted molar refractivity (Wildman–Crippen MR) is 86.7 cm³/mol. The summed E-state index contributed by atoms with van der Waals surface area (Å²) in [5.41, 5.74) is 1.04. The van der Waals surface area contributed by atoms with Crippen LogP contribution in [0.15, 0.2) is 41.9 Å². The highest BCUT2D eigenvalue weighted by molar-refractivity contribution is 7.89. The zero-order chi connectivity index (χ0) is 15.4. The predicted octanol–water partition coefficient (Wildman–Crippen LogP) is 2.17. The molecular formula is C15H18N2O3S2. The van der Waals surface area contributed by atoms with Gasteiger partial charge in [0.05, 0.1) is 12.3 Å². The van der Waals surface area contributed by atoms with Crippen LogP contribution in [-0.2, 0) is 16.4 Å². The highest BCUT2D eigenvalue weighted by Crippen LogP contribution is 2.22. The van der Waals surface area contributed by atoms with Gasteiger partial charge in [-0.05, 0) is 18.4 Å². The van der Waals surface area contributed by atoms with Gasteiger partial charge in [0.2, 0.25) is 10.0 Å². The Morgan fingerprint density at radius 3 is 2.86 bits per heavy atom. The fraction of sp³-hybridized carbons (Fsp3) is 0.400. The number of hydrogen-bond donors (Lipinski definition) is 0. The van der Waals surface area contributed by atoms with Crippen LogP contribution in [0.5, 0.6) is 5.19 Å². The fourth-order valence-electron chi connectivity index (χ4n) is 2.48. The van der Waals surface area contributed by atoms with E-state index in [4.69, 9.17) is 4.74 Å². The molecule has 1 unspecified atom stereocenters. The van der Waals surface area contributed by atoms with Crippen molar-refractivity contribution in [2.45, 2.75) is 18.9 Å². The minimum Gasteiger partial charge on any atom is -0.465 e. The Balaban J connectivity index is 1.54. The second-order valence-corrected chi connectivity index (χ2v) is 8.18. The summed E-state index contributed by atoms with van der Waals surface area (Å²) in [5, 5.41) is 2.45. The van der Waals surface area contributed by atoms with E-state index < -0.39 is 10.0 Å². The third-order valence-electron chi connectivity index (χ3n) is 3.67. The molecule has 1 atom stereocenters. The molecule has 1 aromatic heterocycles. The van der Waals surface area contributed by atoms with E-state index in [0.717, 1.165) is 5.56 Å². The zero-order valence-corrected chi connectivity index (χ0v) is 13.7. The topological polar surface area (TPSA) is 59.5 Å². The van der Waals surface area contributed by atoms with Crippen molar-refractivity contribution in [3.05, 3.63) is 47.5 Å². The highest BCUT2D eigenvalue weighted by Gasteiger charge is 2.32. The second-order valence-electron chi connectivity index (χ2n) is 5.24. The minimum absolute atomic E-state index is 0.0994. The molecule has 0 amide bonds. The molecule has 7 heteroatoms. The Morgan fingerprint density at radius 2 is 2.14 bits per heavy atom. The quantitative estimate of drug-likeness (QED) is 0.810. The average Bonchev–Trinajstić information content (AvgIpc) is 3.19. The lowest BCUT2D eigenvalue weighted by Gasteiger charge is -2.16. The van der Waals surface area contributed by atoms with Gasteiger partial charge >= 0.3 is 0 Å². The number of sulfonamides is 1. The molecule has 2 aromatic rings. The van der Waals surface area contributed by atoms with Gasteiger partial charge in [0.15, 0.2) is 0 Å². The maximum absolute atomic E-state index is 12.4. The van der Waals surface area contributed by atoms with Gasteiger partial charge < -0.3 is 4.74 Å². The average molecular weight is 338 g/mol. The van der Waals surface area contributed by atoms with E-state index in [1.165, 1.54) is 15.6 Å². The first-order valence-corrected chi connectivity index (χ1v) is 9.70. The van der Waals surface area contributed by atoms with E-state index in [9.17, 15) is 8.42 Å². The monoisotopic (exact) mass is 338 g/mol. The van der Waals surface area contributed by atoms with Crippen LogP contribution in [0.2, 0.25) is 0 Å². The van der Waals surface area contributed by atoms with Gasteiger partial charge in [-0.25, -0.2) is 13.4 Å². The van der Waals surface area contributed by atoms with Gasteiger partial charge in [0.25, 0.3) is 5.19 Å². The third kappa shape index (κ3) is 3.85. The largest absolute Gasteiger partial charge is 0.465 e. The van der Waals surface area contributed by atoms with E-state index in [-0.39, 0.29) is 11.9 Å². The lowest BCUT2D eigenvalue weighted by atomic mass is 10.2. The SMILES string of the molecule is O=S(=O)(CCc1ccccc1)N1CCC(Oc2nccs2)C1. The van der Waals surface area contributed by atoms with Crippen LogP contribution >= 0.6 is 11.3 Å². The minimum atomic E-state index is -3.23. The molecule has 0 saturated carbocycles. The Hall–Kier alpha value is -1.44. The van der Waals surface area contributed by atoms with Gasteiger partial charge in [-0.3, -0.25) is 0 Å². The summed E-state index contributed by atoms with van der Waals surface area (Å²) < 4.78 is 32.1. The van der Waals surface area contributed by atoms with Crippen LogP contribution in [0.4, 0.5) is 0 Å². The molecule has 1 fully saturated rings. The molecule has 0 N–H and O–H groups in total. The normalized spacial score (nSPS) is 19.4. The van der Waals surface area contributed by atoms with Crippen molar-refractivity contribution >= 4 is 21.4 Å². The number of benzene rings is 1. The Kier molecular flexibility index (Phi) is 4.75. The lowest BCUT2D eigenvalue weighted by molar-refractivity contribution is 0.214. The van der Waals surface area contributed by atoms with Gasteiger partial charge in [-0.1, -0.05) is 41.7 Å². The number of nitrogens with zero attached hydrogens (tertiary/aromatic N) is 2. The lowest BCUT2D eigenvalue weighted by Crippen LogP contribution is -2.33. The first-order valence-electron chi connectivity index (χ1n) is 7.21. The first kappa shape index (κ1) is 15.5. The van der Waals surface area contributed by atoms with Crippen molar-refractivity contribution in [1.82, 2.24) is 9.29 Å². The number of hydrogen-bond acceptors (Lipinski definition) is 5. The van der Waals surface area contributed by atoms with Crippen LogP contribution in [0.3, 0.4) is 0 Å². The van der Waals surface area contributed by atoms with Crippen molar-refractivity contribution in [2.75, 3.05) is 18.8 Å². The van der Waals surface area contributed by atoms with Crippen LogP contribution in [0, 0.1) is 0 Å². The van der Waals surface area contributed by atoms with Crippen LogP contribution < -0.4 is 4.74 Å². The first-order chi connectivity index (χ1) is 10.6. The molecule has 118 valence electrons. The number of ether oxygens (including phenoxy) is 1. The molecule has 3 rings (SSSR count). The summed E-state index contributed by atoms with van der Waals surface area (Å²) in [6, 6.07) is 9.69. The number of thiazole rings is 1. The summed E-state index contributed by atoms with van der Waals surface area (Å²) in [6.07, 6.45) is 2.84. The maximum Gasteiger partial charge on any atom is 0.273 e. The molecule has 0 bridgehead atoms. The van der Waals surface area contributed by atoms with Gasteiger partial charge in [-0.2, -0.15) is 4.31 Å². The molecule has 5 nitrogen and oxygen atoms in total. The summed E-state index contributed by atoms with van der Waals surface area (Å²) in [5.74, 6) is 0.140.